The molecule has 1 aliphatic rings. The van der Waals surface area contributed by atoms with Crippen LogP contribution in [0.2, 0.25) is 0 Å². The van der Waals surface area contributed by atoms with E-state index in [0.29, 0.717) is 24.2 Å². The number of likely N-dealkylation sites (N-methyl/N-ethyl adjacent to an activating group) is 1. The predicted octanol–water partition coefficient (Wildman–Crippen LogP) is 2.99. The molecule has 29 heavy (non-hydrogen) atoms. The average Bonchev–Trinajstić information content (AvgIpc) is 2.93. The second-order valence-corrected chi connectivity index (χ2v) is 7.71. The van der Waals surface area contributed by atoms with Gasteiger partial charge in [0.05, 0.1) is 11.6 Å². The molecule has 0 aromatic heterocycles. The van der Waals surface area contributed by atoms with Crippen molar-refractivity contribution in [3.63, 3.8) is 0 Å². The number of carbonyl (C=O) groups excluding carboxylic acids is 2. The van der Waals surface area contributed by atoms with Gasteiger partial charge < -0.3 is 20.0 Å². The molecule has 0 saturated carbocycles. The number of nitrogens with zero attached hydrogens (tertiary/aromatic N) is 2. The number of likely N-dealkylation sites (tertiary alicyclic amines) is 1. The molecular formula is C23H26N2O4. The lowest BCUT2D eigenvalue weighted by molar-refractivity contribution is -0.140. The number of hydrogen-bond acceptors (Lipinski definition) is 5. The summed E-state index contributed by atoms with van der Waals surface area (Å²) in [6.07, 6.45) is 0. The van der Waals surface area contributed by atoms with Gasteiger partial charge in [0, 0.05) is 18.7 Å². The molecule has 1 saturated heterocycles. The van der Waals surface area contributed by atoms with Crippen LogP contribution >= 0.6 is 0 Å². The first kappa shape index (κ1) is 20.6. The molecule has 0 radical (unpaired) electrons. The first-order valence-electron chi connectivity index (χ1n) is 9.50. The first-order valence-corrected chi connectivity index (χ1v) is 9.50. The van der Waals surface area contributed by atoms with Crippen molar-refractivity contribution < 1.29 is 19.8 Å². The van der Waals surface area contributed by atoms with E-state index in [-0.39, 0.29) is 17.1 Å². The van der Waals surface area contributed by atoms with Crippen molar-refractivity contribution in [1.29, 1.82) is 0 Å². The van der Waals surface area contributed by atoms with Gasteiger partial charge in [-0.15, -0.1) is 0 Å². The number of aliphatic hydroxyl groups is 1. The molecular weight excluding hydrogens is 368 g/mol. The number of benzene rings is 2. The van der Waals surface area contributed by atoms with Crippen LogP contribution in [0.5, 0.6) is 5.75 Å². The second kappa shape index (κ2) is 8.09. The Morgan fingerprint density at radius 2 is 1.72 bits per heavy atom. The molecule has 6 nitrogen and oxygen atoms in total. The maximum Gasteiger partial charge on any atom is 0.295 e. The zero-order chi connectivity index (χ0) is 21.3. The molecule has 1 amide bonds. The second-order valence-electron chi connectivity index (χ2n) is 7.71. The third-order valence-electron chi connectivity index (χ3n) is 5.19. The van der Waals surface area contributed by atoms with E-state index in [9.17, 15) is 19.8 Å². The van der Waals surface area contributed by atoms with Gasteiger partial charge in [0.1, 0.15) is 11.5 Å². The minimum Gasteiger partial charge on any atom is -0.508 e. The maximum atomic E-state index is 13.0. The zero-order valence-corrected chi connectivity index (χ0v) is 17.1. The molecule has 1 fully saturated rings. The van der Waals surface area contributed by atoms with Crippen molar-refractivity contribution >= 4 is 17.4 Å². The van der Waals surface area contributed by atoms with E-state index in [1.54, 1.807) is 12.1 Å². The summed E-state index contributed by atoms with van der Waals surface area (Å²) >= 11 is 0. The Morgan fingerprint density at radius 1 is 1.07 bits per heavy atom. The van der Waals surface area contributed by atoms with Crippen LogP contribution in [0.15, 0.2) is 48.0 Å². The molecule has 2 N–H and O–H groups in total. The molecule has 3 rings (SSSR count). The third kappa shape index (κ3) is 4.03. The quantitative estimate of drug-likeness (QED) is 0.463. The number of aliphatic hydroxyl groups excluding tert-OH is 1. The normalized spacial score (nSPS) is 18.7. The Balaban J connectivity index is 2.19. The number of ketones is 1. The van der Waals surface area contributed by atoms with Crippen LogP contribution in [-0.4, -0.2) is 58.9 Å². The van der Waals surface area contributed by atoms with Crippen molar-refractivity contribution in [2.75, 3.05) is 27.2 Å². The molecule has 2 aromatic rings. The predicted molar refractivity (Wildman–Crippen MR) is 112 cm³/mol. The van der Waals surface area contributed by atoms with Gasteiger partial charge in [-0.3, -0.25) is 9.59 Å². The lowest BCUT2D eigenvalue weighted by Gasteiger charge is -2.26. The Kier molecular flexibility index (Phi) is 5.75. The molecule has 1 heterocycles. The van der Waals surface area contributed by atoms with Crippen molar-refractivity contribution in [1.82, 2.24) is 9.80 Å². The summed E-state index contributed by atoms with van der Waals surface area (Å²) in [6.45, 7) is 4.67. The molecule has 6 heteroatoms. The van der Waals surface area contributed by atoms with Crippen LogP contribution < -0.4 is 0 Å². The summed E-state index contributed by atoms with van der Waals surface area (Å²) in [5.74, 6) is -1.40. The van der Waals surface area contributed by atoms with Gasteiger partial charge in [-0.1, -0.05) is 29.8 Å². The number of aromatic hydroxyl groups is 1. The number of amides is 1. The number of Topliss-reactive ketones (excluding diaryl/α,β-unsaturated/α-hetero) is 1. The van der Waals surface area contributed by atoms with E-state index in [2.05, 4.69) is 0 Å². The standard InChI is InChI=1S/C23H26N2O4/c1-14-5-6-15(2)18(13-14)21(27)19-20(16-7-9-17(26)10-8-16)25(12-11-24(3)4)23(29)22(19)28/h5-10,13,20,26-27H,11-12H2,1-4H3/b21-19+. The Morgan fingerprint density at radius 3 is 2.34 bits per heavy atom. The molecule has 0 spiro atoms. The molecule has 2 aromatic carbocycles. The van der Waals surface area contributed by atoms with Crippen LogP contribution in [0.25, 0.3) is 5.76 Å². The highest BCUT2D eigenvalue weighted by Gasteiger charge is 2.46. The fourth-order valence-corrected chi connectivity index (χ4v) is 3.56. The number of hydrogen-bond donors (Lipinski definition) is 2. The van der Waals surface area contributed by atoms with Gasteiger partial charge in [-0.05, 0) is 57.3 Å². The summed E-state index contributed by atoms with van der Waals surface area (Å²) in [7, 11) is 3.78. The van der Waals surface area contributed by atoms with Crippen LogP contribution in [0.3, 0.4) is 0 Å². The van der Waals surface area contributed by atoms with Crippen molar-refractivity contribution in [2.24, 2.45) is 0 Å². The molecule has 1 unspecified atom stereocenters. The Hall–Kier alpha value is -3.12. The van der Waals surface area contributed by atoms with E-state index in [0.717, 1.165) is 11.1 Å². The third-order valence-corrected chi connectivity index (χ3v) is 5.19. The minimum absolute atomic E-state index is 0.0770. The monoisotopic (exact) mass is 394 g/mol. The minimum atomic E-state index is -0.713. The molecule has 0 bridgehead atoms. The van der Waals surface area contributed by atoms with Gasteiger partial charge in [0.25, 0.3) is 11.7 Å². The van der Waals surface area contributed by atoms with Crippen molar-refractivity contribution in [2.45, 2.75) is 19.9 Å². The van der Waals surface area contributed by atoms with Crippen LogP contribution in [0.4, 0.5) is 0 Å². The summed E-state index contributed by atoms with van der Waals surface area (Å²) in [6, 6.07) is 11.3. The molecule has 0 aliphatic carbocycles. The number of aryl methyl sites for hydroxylation is 2. The lowest BCUT2D eigenvalue weighted by atomic mass is 9.93. The van der Waals surface area contributed by atoms with Gasteiger partial charge in [0.2, 0.25) is 0 Å². The number of phenols is 1. The van der Waals surface area contributed by atoms with Gasteiger partial charge in [-0.25, -0.2) is 0 Å². The molecule has 152 valence electrons. The van der Waals surface area contributed by atoms with Gasteiger partial charge in [0.15, 0.2) is 0 Å². The lowest BCUT2D eigenvalue weighted by Crippen LogP contribution is -2.35. The van der Waals surface area contributed by atoms with E-state index >= 15 is 0 Å². The smallest absolute Gasteiger partial charge is 0.295 e. The first-order chi connectivity index (χ1) is 13.7. The fraction of sp³-hybridized carbons (Fsp3) is 0.304. The SMILES string of the molecule is Cc1ccc(C)c(/C(O)=C2\C(=O)C(=O)N(CCN(C)C)C2c2ccc(O)cc2)c1. The van der Waals surface area contributed by atoms with E-state index in [1.165, 1.54) is 17.0 Å². The van der Waals surface area contributed by atoms with Crippen LogP contribution in [0, 0.1) is 13.8 Å². The summed E-state index contributed by atoms with van der Waals surface area (Å²) < 4.78 is 0. The molecule has 1 aliphatic heterocycles. The Bertz CT molecular complexity index is 977. The van der Waals surface area contributed by atoms with Crippen molar-refractivity contribution in [3.8, 4) is 5.75 Å². The van der Waals surface area contributed by atoms with Gasteiger partial charge in [-0.2, -0.15) is 0 Å². The largest absolute Gasteiger partial charge is 0.508 e. The zero-order valence-electron chi connectivity index (χ0n) is 17.1. The topological polar surface area (TPSA) is 81.1 Å². The number of carbonyl (C=O) groups is 2. The van der Waals surface area contributed by atoms with Crippen LogP contribution in [-0.2, 0) is 9.59 Å². The fourth-order valence-electron chi connectivity index (χ4n) is 3.56. The highest BCUT2D eigenvalue weighted by molar-refractivity contribution is 6.46. The maximum absolute atomic E-state index is 13.0. The highest BCUT2D eigenvalue weighted by atomic mass is 16.3. The van der Waals surface area contributed by atoms with Crippen LogP contribution in [0.1, 0.15) is 28.3 Å². The van der Waals surface area contributed by atoms with E-state index in [4.69, 9.17) is 0 Å². The summed E-state index contributed by atoms with van der Waals surface area (Å²) in [5, 5.41) is 20.8. The Labute approximate surface area is 170 Å². The molecule has 1 atom stereocenters. The highest BCUT2D eigenvalue weighted by Crippen LogP contribution is 2.40. The number of rotatable bonds is 5. The van der Waals surface area contributed by atoms with E-state index in [1.807, 2.05) is 51.0 Å². The average molecular weight is 394 g/mol. The van der Waals surface area contributed by atoms with Crippen molar-refractivity contribution in [3.05, 3.63) is 70.3 Å². The summed E-state index contributed by atoms with van der Waals surface area (Å²) in [4.78, 5) is 29.2. The summed E-state index contributed by atoms with van der Waals surface area (Å²) in [5.41, 5.74) is 3.04. The van der Waals surface area contributed by atoms with E-state index < -0.39 is 17.7 Å². The number of phenolic OH excluding ortho intramolecular Hbond substituents is 1. The van der Waals surface area contributed by atoms with Gasteiger partial charge >= 0.3 is 0 Å².